The van der Waals surface area contributed by atoms with Crippen molar-refractivity contribution in [1.29, 1.82) is 0 Å². The van der Waals surface area contributed by atoms with Gasteiger partial charge in [-0.25, -0.2) is 17.9 Å². The molecule has 1 aliphatic rings. The number of carboxylic acids is 1. The molecule has 1 aromatic heterocycles. The lowest BCUT2D eigenvalue weighted by Gasteiger charge is -2.36. The quantitative estimate of drug-likeness (QED) is 0.699. The minimum Gasteiger partial charge on any atom is -0.480 e. The Hall–Kier alpha value is -1.87. The van der Waals surface area contributed by atoms with E-state index in [9.17, 15) is 23.1 Å². The van der Waals surface area contributed by atoms with Gasteiger partial charge in [-0.15, -0.1) is 0 Å². The second kappa shape index (κ2) is 6.94. The fourth-order valence-corrected chi connectivity index (χ4v) is 3.13. The first-order chi connectivity index (χ1) is 11.1. The highest BCUT2D eigenvalue weighted by molar-refractivity contribution is 7.88. The normalized spacial score (nSPS) is 24.5. The molecule has 134 valence electrons. The number of carbonyl (C=O) groups excluding carboxylic acids is 1. The standard InChI is InChI=1S/C15H22N2O6S/c1-10-5-7-15(8-6-10,14(19)20)17-13(18)12-4-3-11(23-12)9-16-24(2,21)22/h3-4,10,16H,5-9H2,1-2H3,(H,17,18)(H,19,20). The van der Waals surface area contributed by atoms with Crippen LogP contribution in [-0.4, -0.2) is 37.2 Å². The molecule has 0 radical (unpaired) electrons. The van der Waals surface area contributed by atoms with Crippen molar-refractivity contribution >= 4 is 21.9 Å². The molecule has 9 heteroatoms. The van der Waals surface area contributed by atoms with Gasteiger partial charge in [0.15, 0.2) is 5.76 Å². The predicted octanol–water partition coefficient (Wildman–Crippen LogP) is 1.09. The van der Waals surface area contributed by atoms with E-state index < -0.39 is 27.4 Å². The number of furan rings is 1. The van der Waals surface area contributed by atoms with E-state index in [1.165, 1.54) is 12.1 Å². The summed E-state index contributed by atoms with van der Waals surface area (Å²) >= 11 is 0. The van der Waals surface area contributed by atoms with Gasteiger partial charge in [0.1, 0.15) is 11.3 Å². The van der Waals surface area contributed by atoms with E-state index in [0.29, 0.717) is 18.8 Å². The van der Waals surface area contributed by atoms with Crippen LogP contribution < -0.4 is 10.0 Å². The van der Waals surface area contributed by atoms with E-state index in [-0.39, 0.29) is 18.1 Å². The van der Waals surface area contributed by atoms with Crippen LogP contribution in [0.5, 0.6) is 0 Å². The Bertz CT molecular complexity index is 716. The lowest BCUT2D eigenvalue weighted by Crippen LogP contribution is -2.56. The first-order valence-corrected chi connectivity index (χ1v) is 9.60. The van der Waals surface area contributed by atoms with Gasteiger partial charge in [0.05, 0.1) is 12.8 Å². The van der Waals surface area contributed by atoms with Crippen molar-refractivity contribution in [3.8, 4) is 0 Å². The first kappa shape index (κ1) is 18.5. The summed E-state index contributed by atoms with van der Waals surface area (Å²) in [7, 11) is -3.37. The monoisotopic (exact) mass is 358 g/mol. The Kier molecular flexibility index (Phi) is 5.34. The number of sulfonamides is 1. The lowest BCUT2D eigenvalue weighted by atomic mass is 9.77. The van der Waals surface area contributed by atoms with Gasteiger partial charge in [-0.3, -0.25) is 4.79 Å². The van der Waals surface area contributed by atoms with Gasteiger partial charge >= 0.3 is 5.97 Å². The number of hydrogen-bond donors (Lipinski definition) is 3. The van der Waals surface area contributed by atoms with E-state index in [2.05, 4.69) is 17.0 Å². The third kappa shape index (κ3) is 4.57. The molecule has 1 heterocycles. The molecule has 24 heavy (non-hydrogen) atoms. The molecule has 3 N–H and O–H groups in total. The second-order valence-corrected chi connectivity index (χ2v) is 8.22. The smallest absolute Gasteiger partial charge is 0.329 e. The number of amides is 1. The lowest BCUT2D eigenvalue weighted by molar-refractivity contribution is -0.146. The van der Waals surface area contributed by atoms with E-state index in [1.807, 2.05) is 0 Å². The minimum atomic E-state index is -3.37. The van der Waals surface area contributed by atoms with Gasteiger partial charge in [0.2, 0.25) is 10.0 Å². The maximum Gasteiger partial charge on any atom is 0.329 e. The fraction of sp³-hybridized carbons (Fsp3) is 0.600. The first-order valence-electron chi connectivity index (χ1n) is 7.70. The summed E-state index contributed by atoms with van der Waals surface area (Å²) in [6, 6.07) is 2.87. The molecule has 1 aliphatic carbocycles. The van der Waals surface area contributed by atoms with Crippen LogP contribution in [-0.2, 0) is 21.4 Å². The van der Waals surface area contributed by atoms with Crippen molar-refractivity contribution in [2.45, 2.75) is 44.7 Å². The summed E-state index contributed by atoms with van der Waals surface area (Å²) in [4.78, 5) is 24.0. The van der Waals surface area contributed by atoms with Crippen molar-refractivity contribution in [3.05, 3.63) is 23.7 Å². The number of aliphatic carboxylic acids is 1. The molecule has 1 amide bonds. The highest BCUT2D eigenvalue weighted by Gasteiger charge is 2.43. The number of hydrogen-bond acceptors (Lipinski definition) is 5. The van der Waals surface area contributed by atoms with Crippen LogP contribution in [0, 0.1) is 5.92 Å². The Morgan fingerprint density at radius 3 is 2.50 bits per heavy atom. The number of nitrogens with one attached hydrogen (secondary N) is 2. The molecule has 2 rings (SSSR count). The molecule has 0 saturated heterocycles. The van der Waals surface area contributed by atoms with Crippen LogP contribution >= 0.6 is 0 Å². The fourth-order valence-electron chi connectivity index (χ4n) is 2.72. The topological polar surface area (TPSA) is 126 Å². The van der Waals surface area contributed by atoms with Crippen LogP contribution in [0.4, 0.5) is 0 Å². The van der Waals surface area contributed by atoms with Crippen molar-refractivity contribution in [2.75, 3.05) is 6.26 Å². The predicted molar refractivity (Wildman–Crippen MR) is 85.9 cm³/mol. The largest absolute Gasteiger partial charge is 0.480 e. The van der Waals surface area contributed by atoms with Crippen LogP contribution in [0.25, 0.3) is 0 Å². The van der Waals surface area contributed by atoms with Crippen LogP contribution in [0.2, 0.25) is 0 Å². The Morgan fingerprint density at radius 2 is 1.96 bits per heavy atom. The summed E-state index contributed by atoms with van der Waals surface area (Å²) in [6.07, 6.45) is 3.23. The average molecular weight is 358 g/mol. The summed E-state index contributed by atoms with van der Waals surface area (Å²) in [5.74, 6) is -0.996. The molecule has 0 aliphatic heterocycles. The zero-order valence-corrected chi connectivity index (χ0v) is 14.5. The van der Waals surface area contributed by atoms with Crippen LogP contribution in [0.1, 0.15) is 48.9 Å². The highest BCUT2D eigenvalue weighted by atomic mass is 32.2. The van der Waals surface area contributed by atoms with Crippen LogP contribution in [0.15, 0.2) is 16.5 Å². The maximum absolute atomic E-state index is 12.3. The summed E-state index contributed by atoms with van der Waals surface area (Å²) in [5.41, 5.74) is -1.28. The Morgan fingerprint density at radius 1 is 1.33 bits per heavy atom. The molecular weight excluding hydrogens is 336 g/mol. The van der Waals surface area contributed by atoms with Gasteiger partial charge in [0.25, 0.3) is 5.91 Å². The van der Waals surface area contributed by atoms with Gasteiger partial charge in [-0.1, -0.05) is 6.92 Å². The minimum absolute atomic E-state index is 0.0421. The molecule has 0 unspecified atom stereocenters. The summed E-state index contributed by atoms with van der Waals surface area (Å²) < 4.78 is 29.7. The van der Waals surface area contributed by atoms with E-state index >= 15 is 0 Å². The molecule has 0 atom stereocenters. The van der Waals surface area contributed by atoms with Crippen LogP contribution in [0.3, 0.4) is 0 Å². The van der Waals surface area contributed by atoms with Gasteiger partial charge in [-0.2, -0.15) is 0 Å². The van der Waals surface area contributed by atoms with Crippen molar-refractivity contribution in [1.82, 2.24) is 10.0 Å². The molecule has 0 spiro atoms. The molecule has 8 nitrogen and oxygen atoms in total. The summed E-state index contributed by atoms with van der Waals surface area (Å²) in [5, 5.41) is 12.1. The molecule has 0 aromatic carbocycles. The summed E-state index contributed by atoms with van der Waals surface area (Å²) in [6.45, 7) is 1.98. The molecular formula is C15H22N2O6S. The molecule has 1 aromatic rings. The van der Waals surface area contributed by atoms with E-state index in [1.54, 1.807) is 0 Å². The number of carboxylic acid groups (broad SMARTS) is 1. The molecule has 1 saturated carbocycles. The zero-order chi connectivity index (χ0) is 18.0. The van der Waals surface area contributed by atoms with Crippen molar-refractivity contribution < 1.29 is 27.5 Å². The molecule has 1 fully saturated rings. The van der Waals surface area contributed by atoms with Crippen molar-refractivity contribution in [3.63, 3.8) is 0 Å². The van der Waals surface area contributed by atoms with Crippen molar-refractivity contribution in [2.24, 2.45) is 5.92 Å². The van der Waals surface area contributed by atoms with E-state index in [0.717, 1.165) is 19.1 Å². The van der Waals surface area contributed by atoms with E-state index in [4.69, 9.17) is 4.42 Å². The Labute approximate surface area is 140 Å². The average Bonchev–Trinajstić information content (AvgIpc) is 2.96. The third-order valence-corrected chi connectivity index (χ3v) is 4.95. The maximum atomic E-state index is 12.3. The number of rotatable bonds is 6. The number of carbonyl (C=O) groups is 2. The third-order valence-electron chi connectivity index (χ3n) is 4.28. The highest BCUT2D eigenvalue weighted by Crippen LogP contribution is 2.32. The Balaban J connectivity index is 2.05. The SMILES string of the molecule is CC1CCC(NC(=O)c2ccc(CNS(C)(=O)=O)o2)(C(=O)O)CC1. The second-order valence-electron chi connectivity index (χ2n) is 6.38. The molecule has 0 bridgehead atoms. The van der Waals surface area contributed by atoms with Gasteiger partial charge < -0.3 is 14.8 Å². The zero-order valence-electron chi connectivity index (χ0n) is 13.7. The van der Waals surface area contributed by atoms with Gasteiger partial charge in [0, 0.05) is 0 Å². The van der Waals surface area contributed by atoms with Gasteiger partial charge in [-0.05, 0) is 43.7 Å².